The number of methoxy groups -OCH3 is 1. The zero-order valence-electron chi connectivity index (χ0n) is 19.1. The molecule has 2 rings (SSSR count). The Labute approximate surface area is 190 Å². The lowest BCUT2D eigenvalue weighted by Crippen LogP contribution is -2.22. The van der Waals surface area contributed by atoms with Crippen molar-refractivity contribution in [2.24, 2.45) is 5.92 Å². The normalized spacial score (nSPS) is 11.0. The summed E-state index contributed by atoms with van der Waals surface area (Å²) >= 11 is 0. The average molecular weight is 440 g/mol. The lowest BCUT2D eigenvalue weighted by molar-refractivity contribution is -0.121. The zero-order chi connectivity index (χ0) is 23.3. The topological polar surface area (TPSA) is 84.9 Å². The predicted molar refractivity (Wildman–Crippen MR) is 125 cm³/mol. The van der Waals surface area contributed by atoms with Gasteiger partial charge >= 0.3 is 5.97 Å². The molecule has 0 unspecified atom stereocenters. The van der Waals surface area contributed by atoms with Crippen molar-refractivity contribution in [1.29, 1.82) is 0 Å². The first-order valence-electron chi connectivity index (χ1n) is 11.0. The number of carbonyl (C=O) groups is 2. The number of allylic oxidation sites excluding steroid dienone is 2. The van der Waals surface area contributed by atoms with Gasteiger partial charge in [0.25, 0.3) is 0 Å². The van der Waals surface area contributed by atoms with Crippen LogP contribution in [0, 0.1) is 5.92 Å². The third kappa shape index (κ3) is 8.46. The quantitative estimate of drug-likeness (QED) is 0.200. The number of phenols is 1. The van der Waals surface area contributed by atoms with Crippen molar-refractivity contribution in [2.45, 2.75) is 52.5 Å². The van der Waals surface area contributed by atoms with Crippen LogP contribution in [0.15, 0.2) is 54.6 Å². The number of hydrogen-bond donors (Lipinski definition) is 2. The molecule has 0 aliphatic heterocycles. The molecule has 0 aliphatic rings. The zero-order valence-corrected chi connectivity index (χ0v) is 19.1. The van der Waals surface area contributed by atoms with Gasteiger partial charge in [-0.3, -0.25) is 4.79 Å². The minimum Gasteiger partial charge on any atom is -0.507 e. The first kappa shape index (κ1) is 25.0. The number of para-hydroxylation sites is 1. The summed E-state index contributed by atoms with van der Waals surface area (Å²) in [4.78, 5) is 24.4. The maximum atomic E-state index is 12.3. The van der Waals surface area contributed by atoms with Gasteiger partial charge in [-0.15, -0.1) is 0 Å². The van der Waals surface area contributed by atoms with Gasteiger partial charge in [0.2, 0.25) is 5.91 Å². The molecule has 0 radical (unpaired) electrons. The van der Waals surface area contributed by atoms with Gasteiger partial charge in [0, 0.05) is 13.0 Å². The number of esters is 1. The number of ether oxygens (including phenoxy) is 2. The van der Waals surface area contributed by atoms with Gasteiger partial charge in [0.1, 0.15) is 11.3 Å². The fourth-order valence-corrected chi connectivity index (χ4v) is 3.09. The Morgan fingerprint density at radius 3 is 2.56 bits per heavy atom. The lowest BCUT2D eigenvalue weighted by atomic mass is 10.1. The summed E-state index contributed by atoms with van der Waals surface area (Å²) in [6.07, 6.45) is 8.96. The van der Waals surface area contributed by atoms with E-state index in [-0.39, 0.29) is 23.0 Å². The number of hydrogen-bond acceptors (Lipinski definition) is 5. The SMILES string of the molecule is COc1cc(CNC(=O)CCCCC/C=C/C(C)C)ccc1OC(=O)c1ccccc1O. The average Bonchev–Trinajstić information content (AvgIpc) is 2.77. The molecule has 0 aromatic heterocycles. The van der Waals surface area contributed by atoms with Crippen LogP contribution in [-0.4, -0.2) is 24.1 Å². The van der Waals surface area contributed by atoms with Crippen LogP contribution in [0.1, 0.15) is 61.9 Å². The molecule has 2 aromatic rings. The molecule has 172 valence electrons. The highest BCUT2D eigenvalue weighted by Crippen LogP contribution is 2.29. The molecular formula is C26H33NO5. The van der Waals surface area contributed by atoms with Crippen molar-refractivity contribution < 1.29 is 24.2 Å². The molecule has 0 atom stereocenters. The van der Waals surface area contributed by atoms with E-state index >= 15 is 0 Å². The molecule has 0 aliphatic carbocycles. The lowest BCUT2D eigenvalue weighted by Gasteiger charge is -2.12. The molecule has 0 saturated carbocycles. The second kappa shape index (κ2) is 13.2. The number of unbranched alkanes of at least 4 members (excludes halogenated alkanes) is 3. The molecule has 32 heavy (non-hydrogen) atoms. The Bertz CT molecular complexity index is 920. The maximum Gasteiger partial charge on any atom is 0.347 e. The maximum absolute atomic E-state index is 12.3. The van der Waals surface area contributed by atoms with Crippen LogP contribution in [0.2, 0.25) is 0 Å². The van der Waals surface area contributed by atoms with Gasteiger partial charge in [-0.1, -0.05) is 50.6 Å². The highest BCUT2D eigenvalue weighted by molar-refractivity contribution is 5.94. The number of rotatable bonds is 12. The van der Waals surface area contributed by atoms with E-state index in [1.54, 1.807) is 30.3 Å². The van der Waals surface area contributed by atoms with Crippen molar-refractivity contribution in [3.63, 3.8) is 0 Å². The predicted octanol–water partition coefficient (Wildman–Crippen LogP) is 5.40. The van der Waals surface area contributed by atoms with E-state index in [0.717, 1.165) is 31.2 Å². The molecule has 0 heterocycles. The molecule has 1 amide bonds. The van der Waals surface area contributed by atoms with Gasteiger partial charge in [-0.25, -0.2) is 4.79 Å². The number of amides is 1. The summed E-state index contributed by atoms with van der Waals surface area (Å²) in [7, 11) is 1.48. The van der Waals surface area contributed by atoms with Crippen molar-refractivity contribution in [2.75, 3.05) is 7.11 Å². The highest BCUT2D eigenvalue weighted by Gasteiger charge is 2.16. The number of phenolic OH excluding ortho intramolecular Hbond substituents is 1. The summed E-state index contributed by atoms with van der Waals surface area (Å²) in [6, 6.07) is 11.3. The summed E-state index contributed by atoms with van der Waals surface area (Å²) < 4.78 is 10.7. The molecule has 2 N–H and O–H groups in total. The van der Waals surface area contributed by atoms with Gasteiger partial charge in [0.05, 0.1) is 7.11 Å². The summed E-state index contributed by atoms with van der Waals surface area (Å²) in [5.74, 6) is 0.372. The fraction of sp³-hybridized carbons (Fsp3) is 0.385. The van der Waals surface area contributed by atoms with Crippen LogP contribution in [-0.2, 0) is 11.3 Å². The van der Waals surface area contributed by atoms with E-state index in [1.807, 2.05) is 0 Å². The standard InChI is InChI=1S/C26H33NO5/c1-19(2)11-7-5-4-6-8-14-25(29)27-18-20-15-16-23(24(17-20)31-3)32-26(30)21-12-9-10-13-22(21)28/h7,9-13,15-17,19,28H,4-6,8,14,18H2,1-3H3,(H,27,29)/b11-7+. The van der Waals surface area contributed by atoms with E-state index in [4.69, 9.17) is 9.47 Å². The van der Waals surface area contributed by atoms with Crippen LogP contribution >= 0.6 is 0 Å². The van der Waals surface area contributed by atoms with Crippen LogP contribution in [0.3, 0.4) is 0 Å². The number of carbonyl (C=O) groups excluding carboxylic acids is 2. The first-order chi connectivity index (χ1) is 15.4. The van der Waals surface area contributed by atoms with Crippen LogP contribution in [0.4, 0.5) is 0 Å². The number of nitrogens with one attached hydrogen (secondary N) is 1. The summed E-state index contributed by atoms with van der Waals surface area (Å²) in [6.45, 7) is 4.68. The van der Waals surface area contributed by atoms with Crippen molar-refractivity contribution in [1.82, 2.24) is 5.32 Å². The Morgan fingerprint density at radius 2 is 1.84 bits per heavy atom. The monoisotopic (exact) mass is 439 g/mol. The minimum atomic E-state index is -0.679. The molecule has 6 heteroatoms. The van der Waals surface area contributed by atoms with Gasteiger partial charge < -0.3 is 19.9 Å². The molecular weight excluding hydrogens is 406 g/mol. The molecule has 2 aromatic carbocycles. The van der Waals surface area contributed by atoms with Gasteiger partial charge in [-0.2, -0.15) is 0 Å². The fourth-order valence-electron chi connectivity index (χ4n) is 3.09. The largest absolute Gasteiger partial charge is 0.507 e. The molecule has 6 nitrogen and oxygen atoms in total. The van der Waals surface area contributed by atoms with E-state index in [2.05, 4.69) is 31.3 Å². The minimum absolute atomic E-state index is 0.0109. The number of aromatic hydroxyl groups is 1. The molecule has 0 spiro atoms. The number of benzene rings is 2. The van der Waals surface area contributed by atoms with Gasteiger partial charge in [0.15, 0.2) is 11.5 Å². The summed E-state index contributed by atoms with van der Waals surface area (Å²) in [5, 5.41) is 12.7. The molecule has 0 fully saturated rings. The van der Waals surface area contributed by atoms with Crippen LogP contribution in [0.25, 0.3) is 0 Å². The van der Waals surface area contributed by atoms with Gasteiger partial charge in [-0.05, 0) is 55.0 Å². The van der Waals surface area contributed by atoms with E-state index in [0.29, 0.717) is 24.6 Å². The second-order valence-electron chi connectivity index (χ2n) is 7.94. The Hall–Kier alpha value is -3.28. The Morgan fingerprint density at radius 1 is 1.06 bits per heavy atom. The van der Waals surface area contributed by atoms with E-state index in [9.17, 15) is 14.7 Å². The van der Waals surface area contributed by atoms with Crippen molar-refractivity contribution in [3.05, 3.63) is 65.7 Å². The second-order valence-corrected chi connectivity index (χ2v) is 7.94. The molecule has 0 saturated heterocycles. The van der Waals surface area contributed by atoms with E-state index < -0.39 is 5.97 Å². The Kier molecular flexibility index (Phi) is 10.3. The Balaban J connectivity index is 1.80. The van der Waals surface area contributed by atoms with Crippen molar-refractivity contribution >= 4 is 11.9 Å². The van der Waals surface area contributed by atoms with Crippen LogP contribution in [0.5, 0.6) is 17.2 Å². The van der Waals surface area contributed by atoms with Crippen LogP contribution < -0.4 is 14.8 Å². The third-order valence-electron chi connectivity index (χ3n) is 4.84. The first-order valence-corrected chi connectivity index (χ1v) is 11.0. The van der Waals surface area contributed by atoms with E-state index in [1.165, 1.54) is 19.2 Å². The molecule has 0 bridgehead atoms. The van der Waals surface area contributed by atoms with Crippen molar-refractivity contribution in [3.8, 4) is 17.2 Å². The highest BCUT2D eigenvalue weighted by atomic mass is 16.6. The third-order valence-corrected chi connectivity index (χ3v) is 4.84. The smallest absolute Gasteiger partial charge is 0.347 e. The summed E-state index contributed by atoms with van der Waals surface area (Å²) in [5.41, 5.74) is 0.901.